The van der Waals surface area contributed by atoms with Gasteiger partial charge in [-0.15, -0.1) is 0 Å². The van der Waals surface area contributed by atoms with E-state index in [4.69, 9.17) is 10.5 Å². The number of carbonyl (C=O) groups excluding carboxylic acids is 1. The largest absolute Gasteiger partial charge is 0.477 e. The van der Waals surface area contributed by atoms with Crippen molar-refractivity contribution in [3.63, 3.8) is 0 Å². The van der Waals surface area contributed by atoms with Crippen LogP contribution in [0.2, 0.25) is 0 Å². The molecule has 18 heavy (non-hydrogen) atoms. The van der Waals surface area contributed by atoms with Gasteiger partial charge < -0.3 is 15.8 Å². The lowest BCUT2D eigenvalue weighted by atomic mass is 10.2. The Hall–Kier alpha value is -1.62. The van der Waals surface area contributed by atoms with E-state index in [-0.39, 0.29) is 24.2 Å². The molecule has 0 fully saturated rings. The molecule has 0 aliphatic carbocycles. The third-order valence-corrected chi connectivity index (χ3v) is 2.36. The maximum absolute atomic E-state index is 13.6. The summed E-state index contributed by atoms with van der Waals surface area (Å²) in [4.78, 5) is 11.7. The molecule has 0 spiro atoms. The van der Waals surface area contributed by atoms with Crippen LogP contribution in [-0.2, 0) is 11.3 Å². The first-order chi connectivity index (χ1) is 8.45. The van der Waals surface area contributed by atoms with Crippen LogP contribution < -0.4 is 15.8 Å². The summed E-state index contributed by atoms with van der Waals surface area (Å²) >= 11 is 0. The molecule has 0 aliphatic rings. The topological polar surface area (TPSA) is 64.3 Å². The molecule has 4 nitrogen and oxygen atoms in total. The Labute approximate surface area is 106 Å². The number of carbonyl (C=O) groups is 1. The number of amides is 1. The first-order valence-electron chi connectivity index (χ1n) is 5.90. The Morgan fingerprint density at radius 2 is 2.11 bits per heavy atom. The van der Waals surface area contributed by atoms with Crippen molar-refractivity contribution in [1.29, 1.82) is 0 Å². The van der Waals surface area contributed by atoms with Crippen molar-refractivity contribution in [2.45, 2.75) is 39.5 Å². The molecule has 5 heteroatoms. The second-order valence-electron chi connectivity index (χ2n) is 4.36. The van der Waals surface area contributed by atoms with Gasteiger partial charge in [0.25, 0.3) is 5.91 Å². The van der Waals surface area contributed by atoms with E-state index >= 15 is 0 Å². The molecule has 1 amide bonds. The highest BCUT2D eigenvalue weighted by Crippen LogP contribution is 2.23. The minimum absolute atomic E-state index is 0.0122. The summed E-state index contributed by atoms with van der Waals surface area (Å²) in [6, 6.07) is 4.52. The number of benzene rings is 1. The number of hydrogen-bond acceptors (Lipinski definition) is 3. The lowest BCUT2D eigenvalue weighted by molar-refractivity contribution is -0.127. The fourth-order valence-electron chi connectivity index (χ4n) is 1.48. The van der Waals surface area contributed by atoms with Crippen molar-refractivity contribution in [3.05, 3.63) is 29.6 Å². The summed E-state index contributed by atoms with van der Waals surface area (Å²) < 4.78 is 19.0. The van der Waals surface area contributed by atoms with E-state index in [9.17, 15) is 9.18 Å². The van der Waals surface area contributed by atoms with E-state index < -0.39 is 11.9 Å². The van der Waals surface area contributed by atoms with E-state index in [2.05, 4.69) is 5.32 Å². The van der Waals surface area contributed by atoms with Gasteiger partial charge in [-0.3, -0.25) is 4.79 Å². The van der Waals surface area contributed by atoms with Gasteiger partial charge >= 0.3 is 0 Å². The Balaban J connectivity index is 2.81. The van der Waals surface area contributed by atoms with Crippen LogP contribution in [0.15, 0.2) is 18.2 Å². The zero-order valence-corrected chi connectivity index (χ0v) is 10.9. The molecule has 100 valence electrons. The van der Waals surface area contributed by atoms with E-state index in [1.165, 1.54) is 6.07 Å². The van der Waals surface area contributed by atoms with Crippen LogP contribution in [0.3, 0.4) is 0 Å². The van der Waals surface area contributed by atoms with Crippen molar-refractivity contribution in [2.24, 2.45) is 5.73 Å². The van der Waals surface area contributed by atoms with E-state index in [1.807, 2.05) is 13.8 Å². The average molecular weight is 254 g/mol. The number of halogens is 1. The normalized spacial score (nSPS) is 12.3. The maximum Gasteiger partial charge on any atom is 0.260 e. The second kappa shape index (κ2) is 6.35. The summed E-state index contributed by atoms with van der Waals surface area (Å²) in [6.07, 6.45) is -0.769. The summed E-state index contributed by atoms with van der Waals surface area (Å²) in [7, 11) is 0. The molecular weight excluding hydrogens is 235 g/mol. The third-order valence-electron chi connectivity index (χ3n) is 2.36. The van der Waals surface area contributed by atoms with Gasteiger partial charge in [0.1, 0.15) is 0 Å². The van der Waals surface area contributed by atoms with Gasteiger partial charge in [0.2, 0.25) is 0 Å². The van der Waals surface area contributed by atoms with Gasteiger partial charge in [0.15, 0.2) is 17.7 Å². The highest BCUT2D eigenvalue weighted by molar-refractivity contribution is 5.80. The third kappa shape index (κ3) is 3.70. The summed E-state index contributed by atoms with van der Waals surface area (Å²) in [6.45, 7) is 5.42. The molecule has 0 saturated carbocycles. The number of ether oxygens (including phenoxy) is 1. The van der Waals surface area contributed by atoms with Crippen LogP contribution in [0, 0.1) is 5.82 Å². The monoisotopic (exact) mass is 254 g/mol. The smallest absolute Gasteiger partial charge is 0.260 e. The summed E-state index contributed by atoms with van der Waals surface area (Å²) in [5, 5.41) is 2.70. The molecule has 0 saturated heterocycles. The van der Waals surface area contributed by atoms with Gasteiger partial charge in [-0.05, 0) is 26.8 Å². The number of nitrogens with one attached hydrogen (secondary N) is 1. The van der Waals surface area contributed by atoms with Gasteiger partial charge in [0, 0.05) is 18.2 Å². The Morgan fingerprint density at radius 1 is 1.44 bits per heavy atom. The molecule has 0 aromatic heterocycles. The van der Waals surface area contributed by atoms with Crippen molar-refractivity contribution in [2.75, 3.05) is 0 Å². The van der Waals surface area contributed by atoms with Crippen LogP contribution in [0.4, 0.5) is 4.39 Å². The summed E-state index contributed by atoms with van der Waals surface area (Å²) in [5.74, 6) is -0.746. The van der Waals surface area contributed by atoms with Crippen LogP contribution in [-0.4, -0.2) is 18.1 Å². The van der Waals surface area contributed by atoms with Crippen molar-refractivity contribution in [1.82, 2.24) is 5.32 Å². The average Bonchev–Trinajstić information content (AvgIpc) is 2.30. The minimum atomic E-state index is -0.769. The molecule has 1 aromatic carbocycles. The number of para-hydroxylation sites is 1. The molecule has 1 atom stereocenters. The maximum atomic E-state index is 13.6. The van der Waals surface area contributed by atoms with E-state index in [0.29, 0.717) is 5.56 Å². The fraction of sp³-hybridized carbons (Fsp3) is 0.462. The molecule has 1 aromatic rings. The standard InChI is InChI=1S/C13H19FN2O2/c1-8(2)16-13(17)9(3)18-12-10(7-15)5-4-6-11(12)14/h4-6,8-9H,7,15H2,1-3H3,(H,16,17). The van der Waals surface area contributed by atoms with Gasteiger partial charge in [-0.2, -0.15) is 0 Å². The highest BCUT2D eigenvalue weighted by Gasteiger charge is 2.18. The Bertz CT molecular complexity index is 421. The lowest BCUT2D eigenvalue weighted by Gasteiger charge is -2.18. The van der Waals surface area contributed by atoms with E-state index in [1.54, 1.807) is 19.1 Å². The molecule has 1 unspecified atom stereocenters. The molecule has 3 N–H and O–H groups in total. The zero-order valence-electron chi connectivity index (χ0n) is 10.9. The number of hydrogen-bond donors (Lipinski definition) is 2. The number of rotatable bonds is 5. The molecule has 0 radical (unpaired) electrons. The van der Waals surface area contributed by atoms with Gasteiger partial charge in [-0.25, -0.2) is 4.39 Å². The van der Waals surface area contributed by atoms with Crippen molar-refractivity contribution in [3.8, 4) is 5.75 Å². The number of nitrogens with two attached hydrogens (primary N) is 1. The fourth-order valence-corrected chi connectivity index (χ4v) is 1.48. The Morgan fingerprint density at radius 3 is 2.67 bits per heavy atom. The molecule has 1 rings (SSSR count). The van der Waals surface area contributed by atoms with Gasteiger partial charge in [-0.1, -0.05) is 12.1 Å². The van der Waals surface area contributed by atoms with Crippen LogP contribution in [0.5, 0.6) is 5.75 Å². The SMILES string of the molecule is CC(C)NC(=O)C(C)Oc1c(F)cccc1CN. The van der Waals surface area contributed by atoms with Crippen LogP contribution in [0.25, 0.3) is 0 Å². The van der Waals surface area contributed by atoms with E-state index in [0.717, 1.165) is 0 Å². The quantitative estimate of drug-likeness (QED) is 0.838. The van der Waals surface area contributed by atoms with Crippen molar-refractivity contribution < 1.29 is 13.9 Å². The molecular formula is C13H19FN2O2. The highest BCUT2D eigenvalue weighted by atomic mass is 19.1. The molecule has 0 bridgehead atoms. The van der Waals surface area contributed by atoms with Gasteiger partial charge in [0.05, 0.1) is 0 Å². The van der Waals surface area contributed by atoms with Crippen molar-refractivity contribution >= 4 is 5.91 Å². The van der Waals surface area contributed by atoms with Crippen LogP contribution >= 0.6 is 0 Å². The minimum Gasteiger partial charge on any atom is -0.477 e. The Kier molecular flexibility index (Phi) is 5.09. The first-order valence-corrected chi connectivity index (χ1v) is 5.90. The first kappa shape index (κ1) is 14.4. The molecule has 0 heterocycles. The summed E-state index contributed by atoms with van der Waals surface area (Å²) in [5.41, 5.74) is 6.05. The van der Waals surface area contributed by atoms with Crippen LogP contribution in [0.1, 0.15) is 26.3 Å². The predicted molar refractivity (Wildman–Crippen MR) is 67.7 cm³/mol. The predicted octanol–water partition coefficient (Wildman–Crippen LogP) is 1.58. The molecule has 0 aliphatic heterocycles. The zero-order chi connectivity index (χ0) is 13.7. The lowest BCUT2D eigenvalue weighted by Crippen LogP contribution is -2.40. The second-order valence-corrected chi connectivity index (χ2v) is 4.36.